The molecule has 0 N–H and O–H groups in total. The molecule has 0 bridgehead atoms. The van der Waals surface area contributed by atoms with E-state index >= 15 is 0 Å². The first kappa shape index (κ1) is 30.5. The minimum absolute atomic E-state index is 0.121. The highest BCUT2D eigenvalue weighted by molar-refractivity contribution is 6.26. The summed E-state index contributed by atoms with van der Waals surface area (Å²) in [7, 11) is 0. The minimum atomic E-state index is -0.121. The van der Waals surface area contributed by atoms with Crippen LogP contribution in [-0.4, -0.2) is 57.1 Å². The summed E-state index contributed by atoms with van der Waals surface area (Å²) in [5, 5.41) is 15.4. The number of carbonyl (C=O) groups is 1. The summed E-state index contributed by atoms with van der Waals surface area (Å²) >= 11 is 0. The van der Waals surface area contributed by atoms with Crippen LogP contribution in [0.25, 0.3) is 0 Å². The summed E-state index contributed by atoms with van der Waals surface area (Å²) in [6, 6.07) is 7.80. The summed E-state index contributed by atoms with van der Waals surface area (Å²) in [4.78, 5) is 31.4. The Morgan fingerprint density at radius 3 is 1.36 bits per heavy atom. The topological polar surface area (TPSA) is 103 Å². The molecule has 198 valence electrons. The number of rotatable bonds is 22. The highest BCUT2D eigenvalue weighted by Crippen LogP contribution is 2.04. The van der Waals surface area contributed by atoms with Gasteiger partial charge in [-0.2, -0.15) is 0 Å². The molecule has 1 aromatic carbocycles. The molecule has 36 heavy (non-hydrogen) atoms. The maximum atomic E-state index is 10.7. The number of carbonyl (C=O) groups excluding carboxylic acids is 1. The van der Waals surface area contributed by atoms with E-state index in [9.17, 15) is 4.79 Å². The molecular formula is C27H40N4O5. The van der Waals surface area contributed by atoms with Gasteiger partial charge in [-0.3, -0.25) is 4.79 Å². The lowest BCUT2D eigenvalue weighted by atomic mass is 10.2. The number of hydrogen-bond acceptors (Lipinski definition) is 9. The van der Waals surface area contributed by atoms with Gasteiger partial charge in [0.1, 0.15) is 32.6 Å². The lowest BCUT2D eigenvalue weighted by Gasteiger charge is -2.01. The van der Waals surface area contributed by atoms with Crippen molar-refractivity contribution in [2.45, 2.75) is 65.2 Å². The predicted octanol–water partition coefficient (Wildman–Crippen LogP) is 5.68. The van der Waals surface area contributed by atoms with Crippen LogP contribution in [0.1, 0.15) is 76.3 Å². The lowest BCUT2D eigenvalue weighted by molar-refractivity contribution is -0.110. The predicted molar refractivity (Wildman–Crippen MR) is 145 cm³/mol. The van der Waals surface area contributed by atoms with E-state index in [1.807, 2.05) is 31.2 Å². The van der Waals surface area contributed by atoms with Crippen molar-refractivity contribution in [3.63, 3.8) is 0 Å². The Morgan fingerprint density at radius 2 is 1.00 bits per heavy atom. The van der Waals surface area contributed by atoms with E-state index in [1.165, 1.54) is 13.1 Å². The summed E-state index contributed by atoms with van der Waals surface area (Å²) in [6.07, 6.45) is 14.1. The van der Waals surface area contributed by atoms with Gasteiger partial charge in [0.05, 0.1) is 18.6 Å². The summed E-state index contributed by atoms with van der Waals surface area (Å²) in [6.45, 7) is 9.32. The number of nitrogens with zero attached hydrogens (tertiary/aromatic N) is 4. The van der Waals surface area contributed by atoms with Crippen molar-refractivity contribution < 1.29 is 24.1 Å². The first-order valence-electron chi connectivity index (χ1n) is 12.5. The number of allylic oxidation sites excluding steroid dienone is 1. The molecule has 1 aromatic rings. The molecule has 1 rings (SSSR count). The van der Waals surface area contributed by atoms with Crippen molar-refractivity contribution in [1.82, 2.24) is 0 Å². The maximum Gasteiger partial charge on any atom is 0.174 e. The van der Waals surface area contributed by atoms with Gasteiger partial charge >= 0.3 is 0 Å². The Hall–Kier alpha value is -3.49. The largest absolute Gasteiger partial charge is 0.396 e. The average molecular weight is 501 g/mol. The quantitative estimate of drug-likeness (QED) is 0.116. The fourth-order valence-corrected chi connectivity index (χ4v) is 2.69. The lowest BCUT2D eigenvalue weighted by Crippen LogP contribution is -1.94. The van der Waals surface area contributed by atoms with E-state index in [2.05, 4.69) is 27.2 Å². The van der Waals surface area contributed by atoms with Crippen LogP contribution in [0.15, 0.2) is 57.0 Å². The van der Waals surface area contributed by atoms with E-state index in [4.69, 9.17) is 19.4 Å². The van der Waals surface area contributed by atoms with Gasteiger partial charge in [0, 0.05) is 6.92 Å². The Labute approximate surface area is 214 Å². The molecular weight excluding hydrogens is 460 g/mol. The monoisotopic (exact) mass is 500 g/mol. The van der Waals surface area contributed by atoms with Crippen molar-refractivity contribution in [2.75, 3.05) is 26.4 Å². The molecule has 0 spiro atoms. The maximum absolute atomic E-state index is 10.7. The van der Waals surface area contributed by atoms with E-state index in [-0.39, 0.29) is 5.78 Å². The molecule has 0 fully saturated rings. The van der Waals surface area contributed by atoms with Crippen molar-refractivity contribution in [3.05, 3.63) is 47.5 Å². The van der Waals surface area contributed by atoms with Crippen molar-refractivity contribution in [2.24, 2.45) is 20.6 Å². The second kappa shape index (κ2) is 22.0. The molecule has 9 heteroatoms. The molecule has 0 aliphatic carbocycles. The number of Topliss-reactive ketones (excluding diaryl/α,β-unsaturated/α-hetero) is 1. The van der Waals surface area contributed by atoms with Gasteiger partial charge in [-0.1, -0.05) is 51.5 Å². The molecule has 0 atom stereocenters. The Morgan fingerprint density at radius 1 is 0.639 bits per heavy atom. The SMILES string of the molecule is C=C(C)/C=N/OCCCCCCO/N=C/c1ccc(/C=N/OCCCCCCO/N=C/C(C)=O)cc1. The molecule has 0 amide bonds. The molecule has 0 heterocycles. The van der Waals surface area contributed by atoms with Gasteiger partial charge < -0.3 is 19.4 Å². The Balaban J connectivity index is 2.00. The van der Waals surface area contributed by atoms with Gasteiger partial charge in [0.15, 0.2) is 5.78 Å². The van der Waals surface area contributed by atoms with Crippen LogP contribution in [0.4, 0.5) is 0 Å². The fraction of sp³-hybridized carbons (Fsp3) is 0.519. The third kappa shape index (κ3) is 19.9. The smallest absolute Gasteiger partial charge is 0.174 e. The van der Waals surface area contributed by atoms with E-state index in [1.54, 1.807) is 18.6 Å². The zero-order valence-electron chi connectivity index (χ0n) is 21.6. The van der Waals surface area contributed by atoms with Crippen LogP contribution >= 0.6 is 0 Å². The fourth-order valence-electron chi connectivity index (χ4n) is 2.69. The summed E-state index contributed by atoms with van der Waals surface area (Å²) < 4.78 is 0. The van der Waals surface area contributed by atoms with Crippen molar-refractivity contribution in [3.8, 4) is 0 Å². The van der Waals surface area contributed by atoms with Gasteiger partial charge in [-0.25, -0.2) is 0 Å². The Kier molecular flexibility index (Phi) is 18.7. The zero-order valence-corrected chi connectivity index (χ0v) is 21.6. The molecule has 0 aliphatic heterocycles. The molecule has 0 aliphatic rings. The number of unbranched alkanes of at least 4 members (excludes halogenated alkanes) is 6. The first-order valence-corrected chi connectivity index (χ1v) is 12.5. The van der Waals surface area contributed by atoms with Crippen LogP contribution in [0.2, 0.25) is 0 Å². The number of ketones is 1. The van der Waals surface area contributed by atoms with Gasteiger partial charge in [0.25, 0.3) is 0 Å². The van der Waals surface area contributed by atoms with Gasteiger partial charge in [0.2, 0.25) is 0 Å². The summed E-state index contributed by atoms with van der Waals surface area (Å²) in [5.74, 6) is -0.121. The van der Waals surface area contributed by atoms with Gasteiger partial charge in [-0.15, -0.1) is 0 Å². The number of oxime groups is 4. The average Bonchev–Trinajstić information content (AvgIpc) is 2.85. The second-order valence-corrected chi connectivity index (χ2v) is 8.22. The van der Waals surface area contributed by atoms with Crippen LogP contribution in [0.3, 0.4) is 0 Å². The third-order valence-corrected chi connectivity index (χ3v) is 4.59. The highest BCUT2D eigenvalue weighted by atomic mass is 16.6. The third-order valence-electron chi connectivity index (χ3n) is 4.59. The standard InChI is InChI=1S/C27H40N4O5/c1-24(2)20-28-33-16-8-4-6-10-18-35-30-22-26-12-14-27(15-13-26)23-31-36-19-11-7-5-9-17-34-29-21-25(3)32/h12-15,20-23H,1,4-11,16-19H2,2-3H3/b28-20+,29-21+,30-22+,31-23+. The van der Waals surface area contributed by atoms with Crippen molar-refractivity contribution >= 4 is 30.6 Å². The molecule has 0 unspecified atom stereocenters. The highest BCUT2D eigenvalue weighted by Gasteiger charge is 1.94. The molecule has 0 aromatic heterocycles. The van der Waals surface area contributed by atoms with Crippen molar-refractivity contribution in [1.29, 1.82) is 0 Å². The molecule has 9 nitrogen and oxygen atoms in total. The minimum Gasteiger partial charge on any atom is -0.396 e. The number of hydrogen-bond donors (Lipinski definition) is 0. The second-order valence-electron chi connectivity index (χ2n) is 8.22. The number of benzene rings is 1. The van der Waals surface area contributed by atoms with Crippen LogP contribution in [0, 0.1) is 0 Å². The van der Waals surface area contributed by atoms with Crippen LogP contribution in [0.5, 0.6) is 0 Å². The van der Waals surface area contributed by atoms with Gasteiger partial charge in [-0.05, 0) is 75.0 Å². The molecule has 0 radical (unpaired) electrons. The van der Waals surface area contributed by atoms with E-state index in [0.717, 1.165) is 68.1 Å². The Bertz CT molecular complexity index is 766. The van der Waals surface area contributed by atoms with E-state index in [0.29, 0.717) is 26.4 Å². The molecule has 0 saturated carbocycles. The van der Waals surface area contributed by atoms with E-state index < -0.39 is 0 Å². The molecule has 0 saturated heterocycles. The zero-order chi connectivity index (χ0) is 26.1. The van der Waals surface area contributed by atoms with Crippen LogP contribution < -0.4 is 0 Å². The normalized spacial score (nSPS) is 11.6. The van der Waals surface area contributed by atoms with Crippen LogP contribution in [-0.2, 0) is 24.1 Å². The first-order chi connectivity index (χ1) is 17.6. The summed E-state index contributed by atoms with van der Waals surface area (Å²) in [5.41, 5.74) is 2.78.